The molecule has 1 atom stereocenters. The van der Waals surface area contributed by atoms with E-state index in [9.17, 15) is 0 Å². The van der Waals surface area contributed by atoms with Gasteiger partial charge in [-0.05, 0) is 25.0 Å². The molecule has 0 amide bonds. The number of nitrogens with one attached hydrogen (secondary N) is 2. The van der Waals surface area contributed by atoms with Crippen molar-refractivity contribution in [2.45, 2.75) is 38.6 Å². The molecule has 6 heteroatoms. The lowest BCUT2D eigenvalue weighted by Crippen LogP contribution is -2.44. The Labute approximate surface area is 138 Å². The molecule has 0 saturated carbocycles. The molecule has 22 heavy (non-hydrogen) atoms. The summed E-state index contributed by atoms with van der Waals surface area (Å²) in [4.78, 5) is 10.9. The van der Waals surface area contributed by atoms with Gasteiger partial charge >= 0.3 is 0 Å². The lowest BCUT2D eigenvalue weighted by Gasteiger charge is -2.20. The van der Waals surface area contributed by atoms with Crippen LogP contribution in [0.25, 0.3) is 0 Å². The molecule has 1 aliphatic heterocycles. The van der Waals surface area contributed by atoms with Crippen molar-refractivity contribution in [2.75, 3.05) is 31.6 Å². The summed E-state index contributed by atoms with van der Waals surface area (Å²) >= 11 is 6.22. The molecule has 2 rings (SSSR count). The summed E-state index contributed by atoms with van der Waals surface area (Å²) in [6.45, 7) is 5.03. The maximum atomic E-state index is 6.22. The van der Waals surface area contributed by atoms with Crippen molar-refractivity contribution in [2.24, 2.45) is 4.99 Å². The van der Waals surface area contributed by atoms with E-state index in [2.05, 4.69) is 32.4 Å². The molecule has 1 fully saturated rings. The third-order valence-corrected chi connectivity index (χ3v) is 4.16. The van der Waals surface area contributed by atoms with Crippen LogP contribution >= 0.6 is 11.6 Å². The Morgan fingerprint density at radius 3 is 3.09 bits per heavy atom. The van der Waals surface area contributed by atoms with Gasteiger partial charge in [0.15, 0.2) is 5.96 Å². The monoisotopic (exact) mass is 323 g/mol. The molecule has 1 aromatic rings. The Bertz CT molecular complexity index is 491. The van der Waals surface area contributed by atoms with Crippen LogP contribution in [-0.4, -0.2) is 43.7 Å². The van der Waals surface area contributed by atoms with Gasteiger partial charge in [-0.2, -0.15) is 0 Å². The number of aliphatic imine (C=N–C) groups is 1. The maximum absolute atomic E-state index is 6.22. The van der Waals surface area contributed by atoms with Crippen LogP contribution in [0.15, 0.2) is 23.3 Å². The van der Waals surface area contributed by atoms with Gasteiger partial charge in [-0.3, -0.25) is 4.99 Å². The summed E-state index contributed by atoms with van der Waals surface area (Å²) in [5, 5.41) is 7.58. The molecule has 0 bridgehead atoms. The average molecular weight is 324 g/mol. The van der Waals surface area contributed by atoms with Crippen molar-refractivity contribution in [3.8, 4) is 0 Å². The third-order valence-electron chi connectivity index (χ3n) is 3.86. The molecule has 1 aliphatic rings. The molecule has 0 aliphatic carbocycles. The van der Waals surface area contributed by atoms with Crippen LogP contribution in [0.1, 0.15) is 32.6 Å². The molecule has 0 radical (unpaired) electrons. The minimum atomic E-state index is 0.371. The van der Waals surface area contributed by atoms with Crippen molar-refractivity contribution in [3.63, 3.8) is 0 Å². The number of hydrogen-bond acceptors (Lipinski definition) is 3. The molecule has 1 aromatic heterocycles. The SMILES string of the molecule is CCCCCNC(=NC)NC1CCN(c2ncccc2Cl)C1. The van der Waals surface area contributed by atoms with E-state index in [1.165, 1.54) is 19.3 Å². The summed E-state index contributed by atoms with van der Waals surface area (Å²) in [5.74, 6) is 1.76. The Kier molecular flexibility index (Phi) is 6.77. The van der Waals surface area contributed by atoms with Crippen molar-refractivity contribution in [1.29, 1.82) is 0 Å². The van der Waals surface area contributed by atoms with Crippen LogP contribution in [0.5, 0.6) is 0 Å². The van der Waals surface area contributed by atoms with Gasteiger partial charge in [0.25, 0.3) is 0 Å². The quantitative estimate of drug-likeness (QED) is 0.480. The first-order valence-corrected chi connectivity index (χ1v) is 8.45. The van der Waals surface area contributed by atoms with E-state index in [1.807, 2.05) is 19.2 Å². The van der Waals surface area contributed by atoms with Crippen LogP contribution in [-0.2, 0) is 0 Å². The second-order valence-electron chi connectivity index (χ2n) is 5.59. The van der Waals surface area contributed by atoms with Crippen molar-refractivity contribution >= 4 is 23.4 Å². The highest BCUT2D eigenvalue weighted by atomic mass is 35.5. The first-order valence-electron chi connectivity index (χ1n) is 8.07. The van der Waals surface area contributed by atoms with E-state index < -0.39 is 0 Å². The summed E-state index contributed by atoms with van der Waals surface area (Å²) in [7, 11) is 1.82. The number of unbranched alkanes of at least 4 members (excludes halogenated alkanes) is 2. The molecule has 2 heterocycles. The summed E-state index contributed by atoms with van der Waals surface area (Å²) in [6, 6.07) is 4.12. The molecule has 1 saturated heterocycles. The molecule has 2 N–H and O–H groups in total. The number of aromatic nitrogens is 1. The van der Waals surface area contributed by atoms with Gasteiger partial charge in [0.1, 0.15) is 5.82 Å². The first kappa shape index (κ1) is 16.9. The molecule has 1 unspecified atom stereocenters. The fourth-order valence-electron chi connectivity index (χ4n) is 2.65. The Balaban J connectivity index is 1.81. The highest BCUT2D eigenvalue weighted by Crippen LogP contribution is 2.25. The van der Waals surface area contributed by atoms with E-state index in [0.717, 1.165) is 37.8 Å². The number of rotatable bonds is 6. The molecule has 122 valence electrons. The zero-order valence-corrected chi connectivity index (χ0v) is 14.2. The predicted molar refractivity (Wildman–Crippen MR) is 93.9 cm³/mol. The third kappa shape index (κ3) is 4.77. The smallest absolute Gasteiger partial charge is 0.191 e. The molecule has 0 aromatic carbocycles. The minimum Gasteiger partial charge on any atom is -0.356 e. The van der Waals surface area contributed by atoms with Gasteiger partial charge in [-0.25, -0.2) is 4.98 Å². The lowest BCUT2D eigenvalue weighted by atomic mass is 10.2. The highest BCUT2D eigenvalue weighted by Gasteiger charge is 2.25. The molecule has 0 spiro atoms. The fourth-order valence-corrected chi connectivity index (χ4v) is 2.89. The van der Waals surface area contributed by atoms with Gasteiger partial charge < -0.3 is 15.5 Å². The standard InChI is InChI=1S/C16H26ClN5/c1-3-4-5-9-20-16(18-2)21-13-8-11-22(12-13)15-14(17)7-6-10-19-15/h6-7,10,13H,3-5,8-9,11-12H2,1-2H3,(H2,18,20,21). The van der Waals surface area contributed by atoms with Crippen LogP contribution in [0.3, 0.4) is 0 Å². The highest BCUT2D eigenvalue weighted by molar-refractivity contribution is 6.32. The normalized spacial score (nSPS) is 18.6. The number of hydrogen-bond donors (Lipinski definition) is 2. The van der Waals surface area contributed by atoms with Crippen molar-refractivity contribution in [1.82, 2.24) is 15.6 Å². The van der Waals surface area contributed by atoms with Crippen molar-refractivity contribution in [3.05, 3.63) is 23.4 Å². The largest absolute Gasteiger partial charge is 0.356 e. The topological polar surface area (TPSA) is 52.6 Å². The average Bonchev–Trinajstić information content (AvgIpc) is 2.99. The summed E-state index contributed by atoms with van der Waals surface area (Å²) in [5.41, 5.74) is 0. The molecule has 5 nitrogen and oxygen atoms in total. The van der Waals surface area contributed by atoms with Crippen molar-refractivity contribution < 1.29 is 0 Å². The first-order chi connectivity index (χ1) is 10.7. The van der Waals surface area contributed by atoms with Gasteiger partial charge in [0.05, 0.1) is 5.02 Å². The van der Waals surface area contributed by atoms with Gasteiger partial charge in [-0.1, -0.05) is 31.4 Å². The van der Waals surface area contributed by atoms with Gasteiger partial charge in [-0.15, -0.1) is 0 Å². The van der Waals surface area contributed by atoms with E-state index in [-0.39, 0.29) is 0 Å². The second kappa shape index (κ2) is 8.83. The summed E-state index contributed by atoms with van der Waals surface area (Å²) in [6.07, 6.45) is 6.51. The van der Waals surface area contributed by atoms with E-state index in [0.29, 0.717) is 11.1 Å². The van der Waals surface area contributed by atoms with Crippen LogP contribution < -0.4 is 15.5 Å². The Morgan fingerprint density at radius 2 is 2.36 bits per heavy atom. The number of guanidine groups is 1. The zero-order chi connectivity index (χ0) is 15.8. The van der Waals surface area contributed by atoms with Gasteiger partial charge in [0.2, 0.25) is 0 Å². The number of anilines is 1. The molecular formula is C16H26ClN5. The van der Waals surface area contributed by atoms with E-state index >= 15 is 0 Å². The van der Waals surface area contributed by atoms with Crippen LogP contribution in [0.2, 0.25) is 5.02 Å². The predicted octanol–water partition coefficient (Wildman–Crippen LogP) is 2.67. The fraction of sp³-hybridized carbons (Fsp3) is 0.625. The van der Waals surface area contributed by atoms with Gasteiger partial charge in [0, 0.05) is 38.9 Å². The van der Waals surface area contributed by atoms with E-state index in [1.54, 1.807) is 6.20 Å². The molecular weight excluding hydrogens is 298 g/mol. The Morgan fingerprint density at radius 1 is 1.50 bits per heavy atom. The number of pyridine rings is 1. The number of halogens is 1. The maximum Gasteiger partial charge on any atom is 0.191 e. The lowest BCUT2D eigenvalue weighted by molar-refractivity contribution is 0.633. The zero-order valence-electron chi connectivity index (χ0n) is 13.5. The van der Waals surface area contributed by atoms with Crippen LogP contribution in [0, 0.1) is 0 Å². The minimum absolute atomic E-state index is 0.371. The Hall–Kier alpha value is -1.49. The second-order valence-corrected chi connectivity index (χ2v) is 6.00. The number of nitrogens with zero attached hydrogens (tertiary/aromatic N) is 3. The van der Waals surface area contributed by atoms with Crippen LogP contribution in [0.4, 0.5) is 5.82 Å². The summed E-state index contributed by atoms with van der Waals surface area (Å²) < 4.78 is 0. The van der Waals surface area contributed by atoms with E-state index in [4.69, 9.17) is 11.6 Å².